The van der Waals surface area contributed by atoms with E-state index in [-0.39, 0.29) is 0 Å². The van der Waals surface area contributed by atoms with Gasteiger partial charge in [-0.2, -0.15) is 10.2 Å². The second-order valence-corrected chi connectivity index (χ2v) is 6.90. The van der Waals surface area contributed by atoms with E-state index >= 15 is 0 Å². The monoisotopic (exact) mass is 408 g/mol. The van der Waals surface area contributed by atoms with Crippen LogP contribution in [0.1, 0.15) is 18.2 Å². The van der Waals surface area contributed by atoms with Crippen LogP contribution in [-0.4, -0.2) is 24.7 Å². The van der Waals surface area contributed by atoms with Gasteiger partial charge in [0.2, 0.25) is 0 Å². The lowest BCUT2D eigenvalue weighted by atomic mass is 10.2. The van der Waals surface area contributed by atoms with Crippen LogP contribution >= 0.6 is 35.4 Å². The molecule has 0 amide bonds. The third-order valence-corrected chi connectivity index (χ3v) is 4.45. The minimum absolute atomic E-state index is 0.453. The summed E-state index contributed by atoms with van der Waals surface area (Å²) in [5, 5.41) is 16.7. The lowest BCUT2D eigenvalue weighted by Gasteiger charge is -2.07. The van der Waals surface area contributed by atoms with Gasteiger partial charge in [-0.3, -0.25) is 9.36 Å². The maximum atomic E-state index is 6.15. The number of anilines is 1. The van der Waals surface area contributed by atoms with Gasteiger partial charge < -0.3 is 10.6 Å². The lowest BCUT2D eigenvalue weighted by Crippen LogP contribution is -2.28. The van der Waals surface area contributed by atoms with Gasteiger partial charge in [-0.25, -0.2) is 0 Å². The van der Waals surface area contributed by atoms with Crippen LogP contribution < -0.4 is 10.6 Å². The van der Waals surface area contributed by atoms with Gasteiger partial charge in [0.05, 0.1) is 30.0 Å². The minimum Gasteiger partial charge on any atom is -0.357 e. The second kappa shape index (κ2) is 8.53. The molecule has 0 aliphatic heterocycles. The molecule has 0 saturated heterocycles. The van der Waals surface area contributed by atoms with E-state index in [1.54, 1.807) is 17.1 Å². The largest absolute Gasteiger partial charge is 0.357 e. The minimum atomic E-state index is 0.453. The highest BCUT2D eigenvalue weighted by Gasteiger charge is 2.08. The zero-order chi connectivity index (χ0) is 18.5. The number of hydrogen-bond acceptors (Lipinski definition) is 3. The Kier molecular flexibility index (Phi) is 6.13. The first-order valence-electron chi connectivity index (χ1n) is 8.07. The molecule has 0 spiro atoms. The molecule has 2 N–H and O–H groups in total. The van der Waals surface area contributed by atoms with Crippen LogP contribution in [0.2, 0.25) is 10.0 Å². The Hall–Kier alpha value is -2.09. The highest BCUT2D eigenvalue weighted by Crippen LogP contribution is 2.14. The molecular weight excluding hydrogens is 391 g/mol. The summed E-state index contributed by atoms with van der Waals surface area (Å²) in [6.07, 6.45) is 5.40. The van der Waals surface area contributed by atoms with Crippen molar-refractivity contribution in [1.82, 2.24) is 24.9 Å². The molecule has 3 aromatic rings. The Bertz CT molecular complexity index is 904. The molecule has 0 fully saturated rings. The molecule has 2 heterocycles. The van der Waals surface area contributed by atoms with E-state index in [1.165, 1.54) is 0 Å². The molecule has 3 rings (SSSR count). The molecule has 1 aromatic carbocycles. The summed E-state index contributed by atoms with van der Waals surface area (Å²) >= 11 is 17.5. The third kappa shape index (κ3) is 4.97. The number of hydrogen-bond donors (Lipinski definition) is 2. The molecule has 2 aromatic heterocycles. The Labute approximate surface area is 167 Å². The summed E-state index contributed by atoms with van der Waals surface area (Å²) in [5.41, 5.74) is 2.64. The van der Waals surface area contributed by atoms with Crippen molar-refractivity contribution in [2.45, 2.75) is 26.6 Å². The van der Waals surface area contributed by atoms with Gasteiger partial charge in [0.25, 0.3) is 0 Å². The highest BCUT2D eigenvalue weighted by molar-refractivity contribution is 7.80. The molecule has 6 nitrogen and oxygen atoms in total. The zero-order valence-electron chi connectivity index (χ0n) is 14.1. The number of halogens is 2. The normalized spacial score (nSPS) is 10.7. The number of benzene rings is 1. The van der Waals surface area contributed by atoms with Crippen LogP contribution in [0.3, 0.4) is 0 Å². The Morgan fingerprint density at radius 3 is 2.81 bits per heavy atom. The van der Waals surface area contributed by atoms with Crippen molar-refractivity contribution in [3.8, 4) is 0 Å². The first-order valence-corrected chi connectivity index (χ1v) is 9.23. The molecule has 0 aliphatic rings. The Balaban J connectivity index is 1.53. The maximum Gasteiger partial charge on any atom is 0.171 e. The van der Waals surface area contributed by atoms with Crippen LogP contribution in [0, 0.1) is 0 Å². The van der Waals surface area contributed by atoms with Gasteiger partial charge in [0.1, 0.15) is 5.69 Å². The number of aromatic nitrogens is 4. The molecule has 9 heteroatoms. The number of rotatable bonds is 6. The maximum absolute atomic E-state index is 6.15. The molecule has 0 saturated carbocycles. The molecule has 26 heavy (non-hydrogen) atoms. The molecule has 0 aliphatic carbocycles. The summed E-state index contributed by atoms with van der Waals surface area (Å²) in [7, 11) is 0. The van der Waals surface area contributed by atoms with E-state index in [0.29, 0.717) is 28.2 Å². The van der Waals surface area contributed by atoms with E-state index in [4.69, 9.17) is 35.4 Å². The first kappa shape index (κ1) is 18.7. The van der Waals surface area contributed by atoms with E-state index in [9.17, 15) is 0 Å². The fraction of sp³-hybridized carbons (Fsp3) is 0.235. The van der Waals surface area contributed by atoms with Crippen molar-refractivity contribution < 1.29 is 0 Å². The van der Waals surface area contributed by atoms with E-state index in [0.717, 1.165) is 23.5 Å². The quantitative estimate of drug-likeness (QED) is 0.604. The first-order chi connectivity index (χ1) is 12.5. The van der Waals surface area contributed by atoms with Crippen LogP contribution in [0.25, 0.3) is 0 Å². The molecule has 0 atom stereocenters. The van der Waals surface area contributed by atoms with Crippen molar-refractivity contribution in [1.29, 1.82) is 0 Å². The smallest absolute Gasteiger partial charge is 0.171 e. The van der Waals surface area contributed by atoms with Crippen molar-refractivity contribution in [3.05, 3.63) is 64.2 Å². The van der Waals surface area contributed by atoms with Gasteiger partial charge >= 0.3 is 0 Å². The Morgan fingerprint density at radius 2 is 2.08 bits per heavy atom. The molecule has 0 unspecified atom stereocenters. The van der Waals surface area contributed by atoms with Gasteiger partial charge in [0.15, 0.2) is 5.11 Å². The van der Waals surface area contributed by atoms with Crippen molar-refractivity contribution >= 4 is 46.2 Å². The fourth-order valence-corrected chi connectivity index (χ4v) is 3.02. The van der Waals surface area contributed by atoms with Crippen LogP contribution in [0.4, 0.5) is 5.69 Å². The summed E-state index contributed by atoms with van der Waals surface area (Å²) < 4.78 is 3.60. The fourth-order valence-electron chi connectivity index (χ4n) is 2.40. The van der Waals surface area contributed by atoms with E-state index < -0.39 is 0 Å². The number of nitrogens with one attached hydrogen (secondary N) is 2. The number of nitrogens with zero attached hydrogens (tertiary/aromatic N) is 4. The van der Waals surface area contributed by atoms with Gasteiger partial charge in [-0.05, 0) is 36.8 Å². The average Bonchev–Trinajstić information content (AvgIpc) is 3.19. The average molecular weight is 409 g/mol. The number of thiocarbonyl (C=S) groups is 1. The molecular formula is C17H18Cl2N6S. The summed E-state index contributed by atoms with van der Waals surface area (Å²) in [6, 6.07) is 7.69. The predicted molar refractivity (Wildman–Crippen MR) is 109 cm³/mol. The van der Waals surface area contributed by atoms with Crippen molar-refractivity contribution in [3.63, 3.8) is 0 Å². The zero-order valence-corrected chi connectivity index (χ0v) is 16.4. The predicted octanol–water partition coefficient (Wildman–Crippen LogP) is 3.94. The second-order valence-electron chi connectivity index (χ2n) is 5.64. The SMILES string of the molecule is CCn1cc(Cl)c(CNC(=S)Nc2cnn(Cc3cccc(Cl)c3)c2)n1. The van der Waals surface area contributed by atoms with Crippen molar-refractivity contribution in [2.75, 3.05) is 5.32 Å². The van der Waals surface area contributed by atoms with Gasteiger partial charge in [0, 0.05) is 24.0 Å². The summed E-state index contributed by atoms with van der Waals surface area (Å²) in [6.45, 7) is 3.86. The van der Waals surface area contributed by atoms with Gasteiger partial charge in [-0.15, -0.1) is 0 Å². The number of aryl methyl sites for hydroxylation is 1. The van der Waals surface area contributed by atoms with Crippen LogP contribution in [-0.2, 0) is 19.6 Å². The summed E-state index contributed by atoms with van der Waals surface area (Å²) in [4.78, 5) is 0. The van der Waals surface area contributed by atoms with Gasteiger partial charge in [-0.1, -0.05) is 35.3 Å². The third-order valence-electron chi connectivity index (χ3n) is 3.65. The molecule has 0 radical (unpaired) electrons. The van der Waals surface area contributed by atoms with Crippen LogP contribution in [0.15, 0.2) is 42.9 Å². The lowest BCUT2D eigenvalue weighted by molar-refractivity contribution is 0.643. The molecule has 0 bridgehead atoms. The topological polar surface area (TPSA) is 59.7 Å². The summed E-state index contributed by atoms with van der Waals surface area (Å²) in [5.74, 6) is 0. The van der Waals surface area contributed by atoms with E-state index in [1.807, 2.05) is 42.1 Å². The highest BCUT2D eigenvalue weighted by atomic mass is 35.5. The Morgan fingerprint density at radius 1 is 1.23 bits per heavy atom. The van der Waals surface area contributed by atoms with E-state index in [2.05, 4.69) is 20.8 Å². The standard InChI is InChI=1S/C17H18Cl2N6S/c1-2-24-11-15(19)16(23-24)8-20-17(26)22-14-7-21-25(10-14)9-12-4-3-5-13(18)6-12/h3-7,10-11H,2,8-9H2,1H3,(H2,20,22,26). The van der Waals surface area contributed by atoms with Crippen LogP contribution in [0.5, 0.6) is 0 Å². The molecule has 136 valence electrons. The van der Waals surface area contributed by atoms with Crippen molar-refractivity contribution in [2.24, 2.45) is 0 Å².